The van der Waals surface area contributed by atoms with E-state index >= 15 is 0 Å². The van der Waals surface area contributed by atoms with E-state index < -0.39 is 51.7 Å². The number of ether oxygens (including phenoxy) is 2. The van der Waals surface area contributed by atoms with Crippen molar-refractivity contribution in [2.24, 2.45) is 0 Å². The second kappa shape index (κ2) is 13.9. The van der Waals surface area contributed by atoms with Gasteiger partial charge in [0.05, 0.1) is 20.3 Å². The van der Waals surface area contributed by atoms with E-state index in [-0.39, 0.29) is 23.0 Å². The third-order valence-electron chi connectivity index (χ3n) is 11.7. The van der Waals surface area contributed by atoms with Crippen LogP contribution < -0.4 is 25.5 Å². The predicted octanol–water partition coefficient (Wildman–Crippen LogP) is 6.14. The Kier molecular flexibility index (Phi) is 9.84. The molecule has 5 aromatic rings. The highest BCUT2D eigenvalue weighted by molar-refractivity contribution is 7.00. The minimum atomic E-state index is -3.33. The van der Waals surface area contributed by atoms with Crippen molar-refractivity contribution in [1.82, 2.24) is 0 Å². The van der Waals surface area contributed by atoms with Gasteiger partial charge in [0.15, 0.2) is 11.2 Å². The van der Waals surface area contributed by atoms with Crippen LogP contribution in [0, 0.1) is 0 Å². The van der Waals surface area contributed by atoms with Crippen LogP contribution in [0.3, 0.4) is 0 Å². The summed E-state index contributed by atoms with van der Waals surface area (Å²) in [5.41, 5.74) is -2.10. The molecule has 1 aliphatic carbocycles. The number of epoxide rings is 1. The highest BCUT2D eigenvalue weighted by Crippen LogP contribution is 2.68. The zero-order valence-electron chi connectivity index (χ0n) is 32.2. The van der Waals surface area contributed by atoms with Gasteiger partial charge in [-0.25, -0.2) is 0 Å². The van der Waals surface area contributed by atoms with E-state index in [1.165, 1.54) is 6.07 Å². The normalized spacial score (nSPS) is 22.6. The minimum Gasteiger partial charge on any atom is -0.507 e. The number of aromatic hydroxyl groups is 1. The van der Waals surface area contributed by atoms with E-state index in [2.05, 4.69) is 90.1 Å². The van der Waals surface area contributed by atoms with Crippen LogP contribution in [0.5, 0.6) is 11.5 Å². The molecule has 54 heavy (non-hydrogen) atoms. The molecule has 1 fully saturated rings. The van der Waals surface area contributed by atoms with Crippen molar-refractivity contribution < 1.29 is 33.6 Å². The summed E-state index contributed by atoms with van der Waals surface area (Å²) in [6.07, 6.45) is -2.29. The van der Waals surface area contributed by atoms with Gasteiger partial charge in [0.2, 0.25) is 0 Å². The standard InChI is InChI=1S/C45H52O7Si2/c1-42(2,3)53(33-20-12-8-13-21-33,34-22-14-9-15-23-34)50-31-45-41(37-28-32(49-7)29-38(47)39(37)40(48)44(45,30-46)52-45)51-54(43(4,5)6,35-24-16-10-17-25-35)36-26-18-11-19-27-36/h8-29,40-41,46-48H,30-31H2,1-7H3/t40-,41-,44-,45+/m1/s1. The van der Waals surface area contributed by atoms with E-state index in [0.717, 1.165) is 20.7 Å². The lowest BCUT2D eigenvalue weighted by Crippen LogP contribution is -2.69. The smallest absolute Gasteiger partial charge is 0.262 e. The van der Waals surface area contributed by atoms with Gasteiger partial charge < -0.3 is 33.6 Å². The molecule has 0 saturated carbocycles. The van der Waals surface area contributed by atoms with Crippen molar-refractivity contribution >= 4 is 37.4 Å². The lowest BCUT2D eigenvalue weighted by atomic mass is 9.72. The number of phenolic OH excluding ortho intramolecular Hbond substituents is 1. The molecule has 3 N–H and O–H groups in total. The maximum Gasteiger partial charge on any atom is 0.262 e. The van der Waals surface area contributed by atoms with Crippen molar-refractivity contribution in [3.8, 4) is 11.5 Å². The number of phenols is 1. The van der Waals surface area contributed by atoms with Gasteiger partial charge in [0, 0.05) is 11.6 Å². The van der Waals surface area contributed by atoms with Crippen LogP contribution in [0.1, 0.15) is 64.9 Å². The highest BCUT2D eigenvalue weighted by Gasteiger charge is 2.81. The summed E-state index contributed by atoms with van der Waals surface area (Å²) in [6.45, 7) is 12.7. The molecule has 9 heteroatoms. The Balaban J connectivity index is 1.50. The van der Waals surface area contributed by atoms with E-state index in [0.29, 0.717) is 11.3 Å². The molecule has 0 spiro atoms. The van der Waals surface area contributed by atoms with E-state index in [4.69, 9.17) is 18.3 Å². The summed E-state index contributed by atoms with van der Waals surface area (Å²) >= 11 is 0. The molecule has 0 unspecified atom stereocenters. The quantitative estimate of drug-likeness (QED) is 0.110. The molecular formula is C45H52O7Si2. The fourth-order valence-electron chi connectivity index (χ4n) is 9.10. The van der Waals surface area contributed by atoms with Gasteiger partial charge in [-0.1, -0.05) is 163 Å². The van der Waals surface area contributed by atoms with Crippen LogP contribution in [0.25, 0.3) is 0 Å². The molecule has 5 aromatic carbocycles. The Bertz CT molecular complexity index is 1990. The average Bonchev–Trinajstić information content (AvgIpc) is 3.86. The van der Waals surface area contributed by atoms with Crippen LogP contribution in [-0.4, -0.2) is 63.5 Å². The summed E-state index contributed by atoms with van der Waals surface area (Å²) in [5.74, 6) is 0.257. The number of methoxy groups -OCH3 is 1. The summed E-state index contributed by atoms with van der Waals surface area (Å²) in [6, 6.07) is 44.8. The molecule has 1 aliphatic heterocycles. The van der Waals surface area contributed by atoms with E-state index in [9.17, 15) is 15.3 Å². The van der Waals surface area contributed by atoms with Crippen LogP contribution in [0.15, 0.2) is 133 Å². The Morgan fingerprint density at radius 1 is 0.648 bits per heavy atom. The molecule has 0 aromatic heterocycles. The Labute approximate surface area is 321 Å². The molecule has 4 atom stereocenters. The van der Waals surface area contributed by atoms with Gasteiger partial charge >= 0.3 is 0 Å². The molecule has 0 radical (unpaired) electrons. The fourth-order valence-corrected chi connectivity index (χ4v) is 18.4. The van der Waals surface area contributed by atoms with Gasteiger partial charge in [-0.05, 0) is 42.5 Å². The largest absolute Gasteiger partial charge is 0.507 e. The van der Waals surface area contributed by atoms with Crippen LogP contribution in [0.4, 0.5) is 0 Å². The zero-order valence-corrected chi connectivity index (χ0v) is 34.2. The highest BCUT2D eigenvalue weighted by atomic mass is 28.4. The molecule has 282 valence electrons. The molecule has 1 saturated heterocycles. The monoisotopic (exact) mass is 760 g/mol. The first kappa shape index (κ1) is 38.2. The van der Waals surface area contributed by atoms with Crippen LogP contribution in [0.2, 0.25) is 10.1 Å². The van der Waals surface area contributed by atoms with Gasteiger partial charge in [-0.3, -0.25) is 0 Å². The molecule has 7 nitrogen and oxygen atoms in total. The fraction of sp³-hybridized carbons (Fsp3) is 0.333. The molecular weight excluding hydrogens is 709 g/mol. The van der Waals surface area contributed by atoms with Crippen LogP contribution >= 0.6 is 0 Å². The molecule has 7 rings (SSSR count). The third kappa shape index (κ3) is 5.71. The van der Waals surface area contributed by atoms with Gasteiger partial charge in [-0.2, -0.15) is 0 Å². The summed E-state index contributed by atoms with van der Waals surface area (Å²) in [5, 5.41) is 38.8. The third-order valence-corrected chi connectivity index (χ3v) is 21.7. The first-order valence-electron chi connectivity index (χ1n) is 18.7. The summed E-state index contributed by atoms with van der Waals surface area (Å²) in [7, 11) is -4.94. The number of hydrogen-bond acceptors (Lipinski definition) is 7. The number of aliphatic hydroxyl groups is 2. The Morgan fingerprint density at radius 3 is 1.46 bits per heavy atom. The molecule has 1 heterocycles. The average molecular weight is 761 g/mol. The van der Waals surface area contributed by atoms with E-state index in [1.54, 1.807) is 7.11 Å². The maximum atomic E-state index is 12.3. The lowest BCUT2D eigenvalue weighted by Gasteiger charge is -2.49. The van der Waals surface area contributed by atoms with Crippen molar-refractivity contribution in [2.75, 3.05) is 20.3 Å². The summed E-state index contributed by atoms with van der Waals surface area (Å²) < 4.78 is 28.2. The number of benzene rings is 5. The number of fused-ring (bicyclic) bond motifs is 2. The second-order valence-electron chi connectivity index (χ2n) is 16.7. The van der Waals surface area contributed by atoms with Crippen molar-refractivity contribution in [3.63, 3.8) is 0 Å². The lowest BCUT2D eigenvalue weighted by molar-refractivity contribution is 0.0157. The number of rotatable bonds is 11. The number of aliphatic hydroxyl groups excluding tert-OH is 2. The Morgan fingerprint density at radius 2 is 1.07 bits per heavy atom. The molecule has 0 amide bonds. The first-order chi connectivity index (χ1) is 25.7. The van der Waals surface area contributed by atoms with Gasteiger partial charge in [-0.15, -0.1) is 0 Å². The van der Waals surface area contributed by atoms with Crippen molar-refractivity contribution in [1.29, 1.82) is 0 Å². The second-order valence-corrected chi connectivity index (χ2v) is 25.3. The predicted molar refractivity (Wildman–Crippen MR) is 218 cm³/mol. The minimum absolute atomic E-state index is 0.00180. The Hall–Kier alpha value is -4.07. The molecule has 0 bridgehead atoms. The number of hydrogen-bond donors (Lipinski definition) is 3. The van der Waals surface area contributed by atoms with Gasteiger partial charge in [0.1, 0.15) is 23.7 Å². The maximum absolute atomic E-state index is 12.3. The van der Waals surface area contributed by atoms with Crippen LogP contribution in [-0.2, 0) is 13.6 Å². The van der Waals surface area contributed by atoms with Crippen molar-refractivity contribution in [2.45, 2.75) is 75.0 Å². The first-order valence-corrected chi connectivity index (χ1v) is 22.5. The van der Waals surface area contributed by atoms with E-state index in [1.807, 2.05) is 78.9 Å². The SMILES string of the molecule is COc1cc(O)c2c(c1)[C@@H](O[Si](c1ccccc1)(c1ccccc1)C(C)(C)C)[C@]1(CO[Si](c3ccccc3)(c3ccccc3)C(C)(C)C)O[C@]1(CO)[C@@H]2O. The zero-order chi connectivity index (χ0) is 38.6. The van der Waals surface area contributed by atoms with Gasteiger partial charge in [0.25, 0.3) is 16.6 Å². The topological polar surface area (TPSA) is 101 Å². The van der Waals surface area contributed by atoms with Crippen molar-refractivity contribution in [3.05, 3.63) is 145 Å². The molecule has 2 aliphatic rings. The summed E-state index contributed by atoms with van der Waals surface area (Å²) in [4.78, 5) is 0.